The maximum atomic E-state index is 12.6. The third-order valence-corrected chi connectivity index (χ3v) is 2.94. The van der Waals surface area contributed by atoms with E-state index in [1.165, 1.54) is 12.1 Å². The molecule has 0 bridgehead atoms. The van der Waals surface area contributed by atoms with Gasteiger partial charge in [-0.3, -0.25) is 4.79 Å². The monoisotopic (exact) mass is 239 g/mol. The standard InChI is InChI=1S/C12H14FNO3/c13-9-3-6-11(14-7-9)17-12(16)8-1-4-10(15)5-2-8/h3,6-8,10,15H,1-2,4-5H2. The first-order chi connectivity index (χ1) is 8.15. The van der Waals surface area contributed by atoms with Crippen LogP contribution in [0.3, 0.4) is 0 Å². The van der Waals surface area contributed by atoms with Crippen LogP contribution in [0.25, 0.3) is 0 Å². The fourth-order valence-electron chi connectivity index (χ4n) is 1.92. The number of carbonyl (C=O) groups is 1. The Morgan fingerprint density at radius 3 is 2.65 bits per heavy atom. The molecule has 1 heterocycles. The van der Waals surface area contributed by atoms with Crippen LogP contribution >= 0.6 is 0 Å². The summed E-state index contributed by atoms with van der Waals surface area (Å²) in [6.45, 7) is 0. The van der Waals surface area contributed by atoms with E-state index in [0.29, 0.717) is 25.7 Å². The first-order valence-corrected chi connectivity index (χ1v) is 5.66. The third kappa shape index (κ3) is 3.23. The van der Waals surface area contributed by atoms with Crippen molar-refractivity contribution in [3.63, 3.8) is 0 Å². The van der Waals surface area contributed by atoms with Gasteiger partial charge in [0.25, 0.3) is 0 Å². The average Bonchev–Trinajstić information content (AvgIpc) is 2.33. The molecule has 0 amide bonds. The van der Waals surface area contributed by atoms with Crippen molar-refractivity contribution < 1.29 is 19.0 Å². The number of nitrogens with zero attached hydrogens (tertiary/aromatic N) is 1. The quantitative estimate of drug-likeness (QED) is 0.798. The minimum Gasteiger partial charge on any atom is -0.407 e. The van der Waals surface area contributed by atoms with E-state index < -0.39 is 5.82 Å². The van der Waals surface area contributed by atoms with E-state index >= 15 is 0 Å². The molecule has 1 saturated carbocycles. The van der Waals surface area contributed by atoms with Crippen LogP contribution in [0, 0.1) is 11.7 Å². The second-order valence-corrected chi connectivity index (χ2v) is 4.24. The zero-order valence-electron chi connectivity index (χ0n) is 9.30. The second kappa shape index (κ2) is 5.23. The third-order valence-electron chi connectivity index (χ3n) is 2.94. The van der Waals surface area contributed by atoms with Crippen LogP contribution in [-0.2, 0) is 4.79 Å². The Balaban J connectivity index is 1.90. The van der Waals surface area contributed by atoms with E-state index in [9.17, 15) is 14.3 Å². The first kappa shape index (κ1) is 12.0. The number of esters is 1. The lowest BCUT2D eigenvalue weighted by atomic mass is 9.88. The normalized spacial score (nSPS) is 24.4. The number of aliphatic hydroxyl groups is 1. The van der Waals surface area contributed by atoms with Gasteiger partial charge in [0, 0.05) is 6.07 Å². The van der Waals surface area contributed by atoms with Gasteiger partial charge in [-0.25, -0.2) is 9.37 Å². The number of aliphatic hydroxyl groups excluding tert-OH is 1. The summed E-state index contributed by atoms with van der Waals surface area (Å²) in [7, 11) is 0. The van der Waals surface area contributed by atoms with Crippen molar-refractivity contribution in [3.8, 4) is 5.88 Å². The number of hydrogen-bond acceptors (Lipinski definition) is 4. The van der Waals surface area contributed by atoms with Crippen molar-refractivity contribution in [2.45, 2.75) is 31.8 Å². The Hall–Kier alpha value is -1.49. The molecule has 1 N–H and O–H groups in total. The number of carbonyl (C=O) groups excluding carboxylic acids is 1. The van der Waals surface area contributed by atoms with Crippen LogP contribution in [0.15, 0.2) is 18.3 Å². The highest BCUT2D eigenvalue weighted by Crippen LogP contribution is 2.25. The van der Waals surface area contributed by atoms with Crippen LogP contribution in [0.2, 0.25) is 0 Å². The molecule has 0 atom stereocenters. The zero-order chi connectivity index (χ0) is 12.3. The van der Waals surface area contributed by atoms with Gasteiger partial charge in [0.1, 0.15) is 5.82 Å². The first-order valence-electron chi connectivity index (χ1n) is 5.66. The average molecular weight is 239 g/mol. The maximum absolute atomic E-state index is 12.6. The minimum atomic E-state index is -0.467. The van der Waals surface area contributed by atoms with Crippen molar-refractivity contribution in [1.82, 2.24) is 4.98 Å². The van der Waals surface area contributed by atoms with Crippen molar-refractivity contribution in [1.29, 1.82) is 0 Å². The van der Waals surface area contributed by atoms with Crippen LogP contribution in [0.4, 0.5) is 4.39 Å². The molecule has 1 aromatic heterocycles. The summed E-state index contributed by atoms with van der Waals surface area (Å²) in [5.41, 5.74) is 0. The SMILES string of the molecule is O=C(Oc1ccc(F)cn1)C1CCC(O)CC1. The number of hydrogen-bond donors (Lipinski definition) is 1. The number of halogens is 1. The molecule has 1 fully saturated rings. The van der Waals surface area contributed by atoms with Crippen LogP contribution < -0.4 is 4.74 Å². The van der Waals surface area contributed by atoms with Crippen LogP contribution in [0.5, 0.6) is 5.88 Å². The number of pyridine rings is 1. The fraction of sp³-hybridized carbons (Fsp3) is 0.500. The molecule has 1 aliphatic carbocycles. The molecule has 92 valence electrons. The number of aromatic nitrogens is 1. The maximum Gasteiger partial charge on any atom is 0.315 e. The molecule has 0 saturated heterocycles. The summed E-state index contributed by atoms with van der Waals surface area (Å²) in [5, 5.41) is 9.32. The molecular formula is C12H14FNO3. The molecule has 1 aliphatic rings. The van der Waals surface area contributed by atoms with Crippen molar-refractivity contribution in [3.05, 3.63) is 24.1 Å². The van der Waals surface area contributed by atoms with E-state index in [1.54, 1.807) is 0 Å². The lowest BCUT2D eigenvalue weighted by Crippen LogP contribution is -2.27. The molecule has 0 radical (unpaired) electrons. The van der Waals surface area contributed by atoms with Gasteiger partial charge in [-0.1, -0.05) is 0 Å². The lowest BCUT2D eigenvalue weighted by Gasteiger charge is -2.23. The molecule has 2 rings (SSSR count). The van der Waals surface area contributed by atoms with E-state index in [0.717, 1.165) is 6.20 Å². The molecule has 0 spiro atoms. The molecule has 0 aromatic carbocycles. The molecule has 17 heavy (non-hydrogen) atoms. The molecule has 1 aromatic rings. The second-order valence-electron chi connectivity index (χ2n) is 4.24. The molecule has 0 aliphatic heterocycles. The predicted octanol–water partition coefficient (Wildman–Crippen LogP) is 1.68. The van der Waals surface area contributed by atoms with Crippen LogP contribution in [0.1, 0.15) is 25.7 Å². The van der Waals surface area contributed by atoms with Gasteiger partial charge in [0.15, 0.2) is 0 Å². The van der Waals surface area contributed by atoms with Crippen molar-refractivity contribution in [2.24, 2.45) is 5.92 Å². The van der Waals surface area contributed by atoms with E-state index in [-0.39, 0.29) is 23.9 Å². The molecule has 5 heteroatoms. The summed E-state index contributed by atoms with van der Waals surface area (Å²) < 4.78 is 17.6. The smallest absolute Gasteiger partial charge is 0.315 e. The Morgan fingerprint density at radius 2 is 2.06 bits per heavy atom. The summed E-state index contributed by atoms with van der Waals surface area (Å²) in [4.78, 5) is 15.4. The summed E-state index contributed by atoms with van der Waals surface area (Å²) >= 11 is 0. The molecule has 0 unspecified atom stereocenters. The lowest BCUT2D eigenvalue weighted by molar-refractivity contribution is -0.140. The van der Waals surface area contributed by atoms with E-state index in [4.69, 9.17) is 4.74 Å². The highest BCUT2D eigenvalue weighted by atomic mass is 19.1. The van der Waals surface area contributed by atoms with Gasteiger partial charge in [-0.15, -0.1) is 0 Å². The Morgan fingerprint density at radius 1 is 1.35 bits per heavy atom. The summed E-state index contributed by atoms with van der Waals surface area (Å²) in [6.07, 6.45) is 3.20. The van der Waals surface area contributed by atoms with Gasteiger partial charge in [-0.05, 0) is 31.7 Å². The fourth-order valence-corrected chi connectivity index (χ4v) is 1.92. The predicted molar refractivity (Wildman–Crippen MR) is 57.8 cm³/mol. The van der Waals surface area contributed by atoms with Gasteiger partial charge in [0.2, 0.25) is 5.88 Å². The summed E-state index contributed by atoms with van der Waals surface area (Å²) in [6, 6.07) is 2.52. The Bertz CT molecular complexity index is 385. The Labute approximate surface area is 98.4 Å². The molecule has 4 nitrogen and oxygen atoms in total. The van der Waals surface area contributed by atoms with Crippen molar-refractivity contribution >= 4 is 5.97 Å². The highest BCUT2D eigenvalue weighted by molar-refractivity contribution is 5.74. The van der Waals surface area contributed by atoms with Crippen molar-refractivity contribution in [2.75, 3.05) is 0 Å². The van der Waals surface area contributed by atoms with Gasteiger partial charge in [-0.2, -0.15) is 0 Å². The minimum absolute atomic E-state index is 0.113. The summed E-state index contributed by atoms with van der Waals surface area (Å²) in [5.74, 6) is -0.894. The van der Waals surface area contributed by atoms with Gasteiger partial charge >= 0.3 is 5.97 Å². The van der Waals surface area contributed by atoms with E-state index in [2.05, 4.69) is 4.98 Å². The zero-order valence-corrected chi connectivity index (χ0v) is 9.30. The largest absolute Gasteiger partial charge is 0.407 e. The Kier molecular flexibility index (Phi) is 3.68. The topological polar surface area (TPSA) is 59.4 Å². The van der Waals surface area contributed by atoms with Crippen LogP contribution in [-0.4, -0.2) is 22.2 Å². The van der Waals surface area contributed by atoms with Gasteiger partial charge in [0.05, 0.1) is 18.2 Å². The van der Waals surface area contributed by atoms with Gasteiger partial charge < -0.3 is 9.84 Å². The number of rotatable bonds is 2. The highest BCUT2D eigenvalue weighted by Gasteiger charge is 2.26. The van der Waals surface area contributed by atoms with E-state index in [1.807, 2.05) is 0 Å². The molecular weight excluding hydrogens is 225 g/mol. The number of ether oxygens (including phenoxy) is 1.